The Morgan fingerprint density at radius 3 is 1.71 bits per heavy atom. The van der Waals surface area contributed by atoms with Crippen molar-refractivity contribution in [3.05, 3.63) is 34.9 Å². The van der Waals surface area contributed by atoms with E-state index in [-0.39, 0.29) is 11.0 Å². The lowest BCUT2D eigenvalue weighted by Gasteiger charge is -2.23. The molecule has 0 heterocycles. The fourth-order valence-electron chi connectivity index (χ4n) is 1.78. The fourth-order valence-corrected chi connectivity index (χ4v) is 1.78. The molecule has 2 heteroatoms. The topological polar surface area (TPSA) is 0 Å². The number of rotatable bonds is 1. The van der Waals surface area contributed by atoms with Crippen LogP contribution in [0.25, 0.3) is 0 Å². The molecule has 0 bridgehead atoms. The van der Waals surface area contributed by atoms with Crippen LogP contribution in [0.15, 0.2) is 18.2 Å². The van der Waals surface area contributed by atoms with E-state index in [0.717, 1.165) is 18.1 Å². The highest BCUT2D eigenvalue weighted by Crippen LogP contribution is 2.32. The van der Waals surface area contributed by atoms with Gasteiger partial charge >= 0.3 is 0 Å². The highest BCUT2D eigenvalue weighted by Gasteiger charge is 2.25. The molecule has 0 N–H and O–H groups in total. The first-order valence-electron chi connectivity index (χ1n) is 6.12. The van der Waals surface area contributed by atoms with Crippen molar-refractivity contribution >= 4 is 0 Å². The highest BCUT2D eigenvalue weighted by molar-refractivity contribution is 5.36. The van der Waals surface area contributed by atoms with Crippen LogP contribution in [0.1, 0.15) is 58.2 Å². The molecular formula is C15H24F2. The van der Waals surface area contributed by atoms with Crippen LogP contribution in [0, 0.1) is 6.92 Å². The molecule has 0 nitrogen and oxygen atoms in total. The van der Waals surface area contributed by atoms with Crippen molar-refractivity contribution in [1.29, 1.82) is 0 Å². The maximum atomic E-state index is 13.1. The van der Waals surface area contributed by atoms with Gasteiger partial charge < -0.3 is 0 Å². The van der Waals surface area contributed by atoms with E-state index in [0.29, 0.717) is 0 Å². The maximum Gasteiger partial charge on any atom is 0.270 e. The summed E-state index contributed by atoms with van der Waals surface area (Å²) >= 11 is 0. The van der Waals surface area contributed by atoms with Crippen LogP contribution < -0.4 is 0 Å². The lowest BCUT2D eigenvalue weighted by Crippen LogP contribution is -2.15. The zero-order valence-corrected chi connectivity index (χ0v) is 12.0. The number of hydrogen-bond acceptors (Lipinski definition) is 0. The third-order valence-corrected chi connectivity index (χ3v) is 2.54. The number of alkyl halides is 2. The van der Waals surface area contributed by atoms with E-state index >= 15 is 0 Å². The van der Waals surface area contributed by atoms with Crippen molar-refractivity contribution in [2.75, 3.05) is 0 Å². The molecule has 0 atom stereocenters. The Morgan fingerprint density at radius 2 is 1.41 bits per heavy atom. The SMILES string of the molecule is CC.Cc1cc(C(C)(F)F)ccc1C(C)(C)C. The van der Waals surface area contributed by atoms with Gasteiger partial charge in [0.25, 0.3) is 5.92 Å². The van der Waals surface area contributed by atoms with E-state index in [2.05, 4.69) is 20.8 Å². The van der Waals surface area contributed by atoms with Gasteiger partial charge in [-0.15, -0.1) is 0 Å². The smallest absolute Gasteiger partial charge is 0.202 e. The normalized spacial score (nSPS) is 11.8. The van der Waals surface area contributed by atoms with E-state index in [4.69, 9.17) is 0 Å². The minimum Gasteiger partial charge on any atom is -0.202 e. The number of halogens is 2. The standard InChI is InChI=1S/C13H18F2.C2H6/c1-9-8-10(13(5,14)15)6-7-11(9)12(2,3)4;1-2/h6-8H,1-5H3;1-2H3. The molecule has 0 radical (unpaired) electrons. The van der Waals surface area contributed by atoms with Crippen molar-refractivity contribution in [3.63, 3.8) is 0 Å². The zero-order chi connectivity index (χ0) is 13.9. The first-order valence-corrected chi connectivity index (χ1v) is 6.12. The Bertz CT molecular complexity index is 354. The van der Waals surface area contributed by atoms with Gasteiger partial charge in [0.2, 0.25) is 0 Å². The van der Waals surface area contributed by atoms with Crippen molar-refractivity contribution in [2.24, 2.45) is 0 Å². The zero-order valence-electron chi connectivity index (χ0n) is 12.0. The van der Waals surface area contributed by atoms with E-state index < -0.39 is 5.92 Å². The molecule has 17 heavy (non-hydrogen) atoms. The summed E-state index contributed by atoms with van der Waals surface area (Å²) in [5.41, 5.74) is 2.15. The van der Waals surface area contributed by atoms with E-state index in [1.165, 1.54) is 6.07 Å². The molecule has 0 aliphatic heterocycles. The van der Waals surface area contributed by atoms with Crippen LogP contribution in [0.2, 0.25) is 0 Å². The van der Waals surface area contributed by atoms with Crippen LogP contribution in [0.3, 0.4) is 0 Å². The molecule has 0 aliphatic carbocycles. The molecule has 1 aromatic carbocycles. The second-order valence-electron chi connectivity index (χ2n) is 5.17. The van der Waals surface area contributed by atoms with Gasteiger partial charge in [0.15, 0.2) is 0 Å². The van der Waals surface area contributed by atoms with E-state index in [1.54, 1.807) is 6.07 Å². The third-order valence-electron chi connectivity index (χ3n) is 2.54. The fraction of sp³-hybridized carbons (Fsp3) is 0.600. The molecule has 0 amide bonds. The van der Waals surface area contributed by atoms with Gasteiger partial charge in [-0.1, -0.05) is 46.8 Å². The predicted molar refractivity (Wildman–Crippen MR) is 70.8 cm³/mol. The molecule has 0 aromatic heterocycles. The Hall–Kier alpha value is -0.920. The second-order valence-corrected chi connectivity index (χ2v) is 5.17. The molecule has 0 fully saturated rings. The number of aryl methyl sites for hydroxylation is 1. The summed E-state index contributed by atoms with van der Waals surface area (Å²) in [5.74, 6) is -2.75. The first kappa shape index (κ1) is 16.1. The van der Waals surface area contributed by atoms with E-state index in [9.17, 15) is 8.78 Å². The summed E-state index contributed by atoms with van der Waals surface area (Å²) in [4.78, 5) is 0. The van der Waals surface area contributed by atoms with Crippen molar-refractivity contribution < 1.29 is 8.78 Å². The molecular weight excluding hydrogens is 218 g/mol. The number of hydrogen-bond donors (Lipinski definition) is 0. The van der Waals surface area contributed by atoms with Crippen LogP contribution in [0.4, 0.5) is 8.78 Å². The summed E-state index contributed by atoms with van der Waals surface area (Å²) in [7, 11) is 0. The van der Waals surface area contributed by atoms with Crippen molar-refractivity contribution in [1.82, 2.24) is 0 Å². The average molecular weight is 242 g/mol. The van der Waals surface area contributed by atoms with Gasteiger partial charge in [-0.2, -0.15) is 0 Å². The Labute approximate surface area is 104 Å². The monoisotopic (exact) mass is 242 g/mol. The molecule has 1 aromatic rings. The Morgan fingerprint density at radius 1 is 0.941 bits per heavy atom. The van der Waals surface area contributed by atoms with Crippen molar-refractivity contribution in [2.45, 2.75) is 59.8 Å². The molecule has 0 saturated heterocycles. The maximum absolute atomic E-state index is 13.1. The summed E-state index contributed by atoms with van der Waals surface area (Å²) in [6.07, 6.45) is 0. The number of benzene rings is 1. The van der Waals surface area contributed by atoms with Gasteiger partial charge in [0.05, 0.1) is 0 Å². The molecule has 1 rings (SSSR count). The molecule has 0 aliphatic rings. The largest absolute Gasteiger partial charge is 0.270 e. The third kappa shape index (κ3) is 4.45. The molecule has 98 valence electrons. The highest BCUT2D eigenvalue weighted by atomic mass is 19.3. The second kappa shape index (κ2) is 5.61. The van der Waals surface area contributed by atoms with Gasteiger partial charge in [-0.3, -0.25) is 0 Å². The summed E-state index contributed by atoms with van der Waals surface area (Å²) in [6, 6.07) is 4.91. The Balaban J connectivity index is 0.00000121. The van der Waals surface area contributed by atoms with Crippen LogP contribution >= 0.6 is 0 Å². The molecule has 0 spiro atoms. The summed E-state index contributed by atoms with van der Waals surface area (Å²) in [5, 5.41) is 0. The quantitative estimate of drug-likeness (QED) is 0.616. The predicted octanol–water partition coefficient (Wildman–Crippen LogP) is 5.43. The minimum atomic E-state index is -2.75. The molecule has 0 unspecified atom stereocenters. The van der Waals surface area contributed by atoms with E-state index in [1.807, 2.05) is 26.8 Å². The van der Waals surface area contributed by atoms with Gasteiger partial charge in [-0.05, 0) is 29.5 Å². The summed E-state index contributed by atoms with van der Waals surface area (Å²) in [6.45, 7) is 13.1. The summed E-state index contributed by atoms with van der Waals surface area (Å²) < 4.78 is 26.1. The lowest BCUT2D eigenvalue weighted by atomic mass is 9.83. The van der Waals surface area contributed by atoms with Crippen molar-refractivity contribution in [3.8, 4) is 0 Å². The van der Waals surface area contributed by atoms with Gasteiger partial charge in [0.1, 0.15) is 0 Å². The first-order chi connectivity index (χ1) is 7.62. The van der Waals surface area contributed by atoms with Crippen LogP contribution in [-0.2, 0) is 11.3 Å². The van der Waals surface area contributed by atoms with Crippen LogP contribution in [-0.4, -0.2) is 0 Å². The average Bonchev–Trinajstić information content (AvgIpc) is 2.17. The van der Waals surface area contributed by atoms with Crippen LogP contribution in [0.5, 0.6) is 0 Å². The van der Waals surface area contributed by atoms with Gasteiger partial charge in [-0.25, -0.2) is 8.78 Å². The lowest BCUT2D eigenvalue weighted by molar-refractivity contribution is 0.0174. The van der Waals surface area contributed by atoms with Gasteiger partial charge in [0, 0.05) is 12.5 Å². The Kier molecular flexibility index (Phi) is 5.31. The molecule has 0 saturated carbocycles. The minimum absolute atomic E-state index is 0.00560.